The van der Waals surface area contributed by atoms with Gasteiger partial charge in [-0.05, 0) is 33.3 Å². The van der Waals surface area contributed by atoms with Gasteiger partial charge in [0.15, 0.2) is 0 Å². The Balaban J connectivity index is 2.78. The average molecular weight is 294 g/mol. The molecule has 0 aromatic heterocycles. The molecule has 0 fully saturated rings. The first kappa shape index (κ1) is 17.0. The molecule has 0 saturated carbocycles. The van der Waals surface area contributed by atoms with Crippen LogP contribution in [0.3, 0.4) is 0 Å². The van der Waals surface area contributed by atoms with E-state index in [1.807, 2.05) is 30.3 Å². The third kappa shape index (κ3) is 6.27. The van der Waals surface area contributed by atoms with E-state index >= 15 is 0 Å². The lowest BCUT2D eigenvalue weighted by Crippen LogP contribution is -2.51. The Bertz CT molecular complexity index is 482. The van der Waals surface area contributed by atoms with Gasteiger partial charge in [0.05, 0.1) is 0 Å². The molecule has 2 N–H and O–H groups in total. The van der Waals surface area contributed by atoms with Crippen molar-refractivity contribution in [1.29, 1.82) is 0 Å². The number of carbonyl (C=O) groups is 2. The number of benzene rings is 1. The smallest absolute Gasteiger partial charge is 0.422 e. The van der Waals surface area contributed by atoms with Crippen LogP contribution in [0.1, 0.15) is 33.3 Å². The predicted octanol–water partition coefficient (Wildman–Crippen LogP) is 2.40. The number of hydrogen-bond acceptors (Lipinski definition) is 4. The number of carboxylic acid groups (broad SMARTS) is 1. The minimum Gasteiger partial charge on any atom is -0.480 e. The number of hydrogen-bond donors (Lipinski definition) is 2. The summed E-state index contributed by atoms with van der Waals surface area (Å²) in [6.45, 7) is 7.01. The van der Waals surface area contributed by atoms with E-state index < -0.39 is 23.7 Å². The molecule has 0 aliphatic carbocycles. The maximum absolute atomic E-state index is 11.8. The zero-order valence-corrected chi connectivity index (χ0v) is 12.8. The second kappa shape index (κ2) is 7.08. The Morgan fingerprint density at radius 3 is 2.33 bits per heavy atom. The van der Waals surface area contributed by atoms with Gasteiger partial charge in [0.2, 0.25) is 0 Å². The fourth-order valence-electron chi connectivity index (χ4n) is 1.60. The van der Waals surface area contributed by atoms with Gasteiger partial charge in [-0.1, -0.05) is 30.3 Å². The van der Waals surface area contributed by atoms with E-state index in [4.69, 9.17) is 9.84 Å². The number of aliphatic carboxylic acids is 1. The SMILES string of the molecule is C[C@H](C(=O)O)N(Cc1ccccc1)NC(=O)OC(C)(C)C. The molecule has 6 nitrogen and oxygen atoms in total. The second-order valence-corrected chi connectivity index (χ2v) is 5.74. The first-order chi connectivity index (χ1) is 9.69. The van der Waals surface area contributed by atoms with Crippen LogP contribution in [-0.4, -0.2) is 33.8 Å². The Morgan fingerprint density at radius 2 is 1.86 bits per heavy atom. The van der Waals surface area contributed by atoms with E-state index in [0.717, 1.165) is 5.56 Å². The molecular weight excluding hydrogens is 272 g/mol. The van der Waals surface area contributed by atoms with Crippen molar-refractivity contribution < 1.29 is 19.4 Å². The Kier molecular flexibility index (Phi) is 5.72. The molecule has 1 rings (SSSR count). The number of nitrogens with one attached hydrogen (secondary N) is 1. The van der Waals surface area contributed by atoms with Crippen molar-refractivity contribution in [2.75, 3.05) is 0 Å². The number of amides is 1. The minimum absolute atomic E-state index is 0.271. The molecule has 0 aliphatic rings. The molecule has 0 heterocycles. The van der Waals surface area contributed by atoms with Gasteiger partial charge in [-0.3, -0.25) is 10.2 Å². The molecule has 0 bridgehead atoms. The molecule has 0 radical (unpaired) electrons. The summed E-state index contributed by atoms with van der Waals surface area (Å²) in [4.78, 5) is 23.0. The van der Waals surface area contributed by atoms with Gasteiger partial charge >= 0.3 is 12.1 Å². The molecule has 1 aromatic rings. The summed E-state index contributed by atoms with van der Waals surface area (Å²) >= 11 is 0. The van der Waals surface area contributed by atoms with E-state index in [2.05, 4.69) is 5.43 Å². The first-order valence-corrected chi connectivity index (χ1v) is 6.72. The van der Waals surface area contributed by atoms with Crippen molar-refractivity contribution >= 4 is 12.1 Å². The fraction of sp³-hybridized carbons (Fsp3) is 0.467. The number of nitrogens with zero attached hydrogens (tertiary/aromatic N) is 1. The Morgan fingerprint density at radius 1 is 1.29 bits per heavy atom. The van der Waals surface area contributed by atoms with Crippen LogP contribution in [0.4, 0.5) is 4.79 Å². The lowest BCUT2D eigenvalue weighted by Gasteiger charge is -2.28. The highest BCUT2D eigenvalue weighted by molar-refractivity contribution is 5.74. The molecular formula is C15H22N2O4. The third-order valence-electron chi connectivity index (χ3n) is 2.65. The molecule has 1 aromatic carbocycles. The highest BCUT2D eigenvalue weighted by Crippen LogP contribution is 2.10. The molecule has 1 atom stereocenters. The van der Waals surface area contributed by atoms with E-state index in [1.165, 1.54) is 11.9 Å². The van der Waals surface area contributed by atoms with E-state index in [9.17, 15) is 9.59 Å². The normalized spacial score (nSPS) is 12.8. The summed E-state index contributed by atoms with van der Waals surface area (Å²) < 4.78 is 5.15. The van der Waals surface area contributed by atoms with E-state index in [0.29, 0.717) is 0 Å². The summed E-state index contributed by atoms with van der Waals surface area (Å²) in [6.07, 6.45) is -0.675. The number of hydrazine groups is 1. The second-order valence-electron chi connectivity index (χ2n) is 5.74. The maximum Gasteiger partial charge on any atom is 0.422 e. The monoisotopic (exact) mass is 294 g/mol. The molecule has 0 saturated heterocycles. The van der Waals surface area contributed by atoms with Crippen LogP contribution in [0.15, 0.2) is 30.3 Å². The molecule has 116 valence electrons. The highest BCUT2D eigenvalue weighted by Gasteiger charge is 2.25. The third-order valence-corrected chi connectivity index (χ3v) is 2.65. The Hall–Kier alpha value is -2.08. The number of ether oxygens (including phenoxy) is 1. The lowest BCUT2D eigenvalue weighted by molar-refractivity contribution is -0.144. The topological polar surface area (TPSA) is 78.9 Å². The summed E-state index contributed by atoms with van der Waals surface area (Å²) in [5.74, 6) is -1.03. The van der Waals surface area contributed by atoms with Crippen LogP contribution in [0.5, 0.6) is 0 Å². The zero-order chi connectivity index (χ0) is 16.0. The predicted molar refractivity (Wildman–Crippen MR) is 78.5 cm³/mol. The Labute approximate surface area is 124 Å². The summed E-state index contributed by atoms with van der Waals surface area (Å²) in [6, 6.07) is 8.42. The van der Waals surface area contributed by atoms with Gasteiger partial charge in [-0.15, -0.1) is 0 Å². The molecule has 21 heavy (non-hydrogen) atoms. The summed E-state index contributed by atoms with van der Waals surface area (Å²) in [5, 5.41) is 10.5. The quantitative estimate of drug-likeness (QED) is 0.815. The molecule has 1 amide bonds. The van der Waals surface area contributed by atoms with Gasteiger partial charge in [0.25, 0.3) is 0 Å². The van der Waals surface area contributed by atoms with Crippen molar-refractivity contribution in [2.24, 2.45) is 0 Å². The van der Waals surface area contributed by atoms with E-state index in [1.54, 1.807) is 20.8 Å². The molecule has 0 spiro atoms. The van der Waals surface area contributed by atoms with Gasteiger partial charge in [0.1, 0.15) is 11.6 Å². The van der Waals surface area contributed by atoms with Crippen molar-refractivity contribution in [3.8, 4) is 0 Å². The zero-order valence-electron chi connectivity index (χ0n) is 12.8. The van der Waals surface area contributed by atoms with Crippen molar-refractivity contribution in [3.63, 3.8) is 0 Å². The molecule has 6 heteroatoms. The van der Waals surface area contributed by atoms with Crippen LogP contribution < -0.4 is 5.43 Å². The van der Waals surface area contributed by atoms with Crippen LogP contribution >= 0.6 is 0 Å². The first-order valence-electron chi connectivity index (χ1n) is 6.72. The van der Waals surface area contributed by atoms with Gasteiger partial charge in [-0.2, -0.15) is 0 Å². The average Bonchev–Trinajstić information content (AvgIpc) is 2.36. The van der Waals surface area contributed by atoms with Crippen LogP contribution in [0, 0.1) is 0 Å². The molecule has 0 aliphatic heterocycles. The van der Waals surface area contributed by atoms with Gasteiger partial charge < -0.3 is 9.84 Å². The van der Waals surface area contributed by atoms with Gasteiger partial charge in [0, 0.05) is 6.54 Å². The standard InChI is InChI=1S/C15H22N2O4/c1-11(13(18)19)17(10-12-8-6-5-7-9-12)16-14(20)21-15(2,3)4/h5-9,11H,10H2,1-4H3,(H,16,20)(H,18,19)/t11-/m1/s1. The van der Waals surface area contributed by atoms with Crippen molar-refractivity contribution in [2.45, 2.75) is 45.9 Å². The van der Waals surface area contributed by atoms with Crippen molar-refractivity contribution in [1.82, 2.24) is 10.4 Å². The largest absolute Gasteiger partial charge is 0.480 e. The van der Waals surface area contributed by atoms with Crippen LogP contribution in [0.25, 0.3) is 0 Å². The van der Waals surface area contributed by atoms with Crippen LogP contribution in [-0.2, 0) is 16.1 Å². The number of carbonyl (C=O) groups excluding carboxylic acids is 1. The maximum atomic E-state index is 11.8. The number of carboxylic acids is 1. The summed E-state index contributed by atoms with van der Waals surface area (Å²) in [5.41, 5.74) is 2.74. The highest BCUT2D eigenvalue weighted by atomic mass is 16.6. The fourth-order valence-corrected chi connectivity index (χ4v) is 1.60. The molecule has 0 unspecified atom stereocenters. The van der Waals surface area contributed by atoms with E-state index in [-0.39, 0.29) is 6.54 Å². The van der Waals surface area contributed by atoms with Gasteiger partial charge in [-0.25, -0.2) is 9.80 Å². The van der Waals surface area contributed by atoms with Crippen molar-refractivity contribution in [3.05, 3.63) is 35.9 Å². The number of rotatable bonds is 5. The summed E-state index contributed by atoms with van der Waals surface area (Å²) in [7, 11) is 0. The lowest BCUT2D eigenvalue weighted by atomic mass is 10.2. The minimum atomic E-state index is -1.03. The van der Waals surface area contributed by atoms with Crippen LogP contribution in [0.2, 0.25) is 0 Å².